The van der Waals surface area contributed by atoms with Crippen molar-refractivity contribution in [3.63, 3.8) is 0 Å². The van der Waals surface area contributed by atoms with Crippen LogP contribution < -0.4 is 9.80 Å². The molecule has 5 nitrogen and oxygen atoms in total. The normalized spacial score (nSPS) is 14.2. The van der Waals surface area contributed by atoms with Gasteiger partial charge in [-0.25, -0.2) is 4.98 Å². The molecule has 2 aromatic heterocycles. The van der Waals surface area contributed by atoms with Crippen LogP contribution in [0.3, 0.4) is 0 Å². The van der Waals surface area contributed by atoms with Gasteiger partial charge in [0.1, 0.15) is 5.65 Å². The highest BCUT2D eigenvalue weighted by Crippen LogP contribution is 2.32. The largest absolute Gasteiger partial charge is 0.370 e. The number of aromatic nitrogens is 2. The minimum absolute atomic E-state index is 0.439. The van der Waals surface area contributed by atoms with E-state index in [1.54, 1.807) is 6.07 Å². The summed E-state index contributed by atoms with van der Waals surface area (Å²) < 4.78 is 8.20. The van der Waals surface area contributed by atoms with Crippen LogP contribution in [-0.2, 0) is 18.0 Å². The molecule has 0 spiro atoms. The number of piperazine rings is 1. The predicted molar refractivity (Wildman–Crippen MR) is 141 cm³/mol. The summed E-state index contributed by atoms with van der Waals surface area (Å²) in [6.07, 6.45) is 1.92. The van der Waals surface area contributed by atoms with Crippen LogP contribution >= 0.6 is 34.8 Å². The van der Waals surface area contributed by atoms with Gasteiger partial charge < -0.3 is 14.5 Å². The lowest BCUT2D eigenvalue weighted by Crippen LogP contribution is -2.47. The third kappa shape index (κ3) is 4.84. The van der Waals surface area contributed by atoms with Gasteiger partial charge in [-0.1, -0.05) is 65.1 Å². The third-order valence-electron chi connectivity index (χ3n) is 6.13. The zero-order valence-corrected chi connectivity index (χ0v) is 21.1. The van der Waals surface area contributed by atoms with Crippen LogP contribution in [0, 0.1) is 6.92 Å². The number of fused-ring (bicyclic) bond motifs is 1. The molecule has 4 aromatic rings. The second-order valence-electron chi connectivity index (χ2n) is 8.47. The Morgan fingerprint density at radius 2 is 1.59 bits per heavy atom. The van der Waals surface area contributed by atoms with Gasteiger partial charge in [-0.2, -0.15) is 0 Å². The fourth-order valence-corrected chi connectivity index (χ4v) is 5.22. The molecular weight excluding hydrogens is 491 g/mol. The van der Waals surface area contributed by atoms with E-state index in [2.05, 4.69) is 26.3 Å². The molecule has 1 saturated heterocycles. The summed E-state index contributed by atoms with van der Waals surface area (Å²) in [7, 11) is 0. The number of halogens is 3. The highest BCUT2D eigenvalue weighted by molar-refractivity contribution is 6.36. The summed E-state index contributed by atoms with van der Waals surface area (Å²) in [4.78, 5) is 9.63. The molecule has 0 atom stereocenters. The number of hydrogen-bond acceptors (Lipinski definition) is 4. The number of rotatable bonds is 6. The molecule has 2 aromatic carbocycles. The number of pyridine rings is 1. The summed E-state index contributed by atoms with van der Waals surface area (Å²) in [5.74, 6) is 0.945. The molecular formula is C26H25Cl3N4O. The van der Waals surface area contributed by atoms with Crippen LogP contribution in [-0.4, -0.2) is 35.6 Å². The number of nitrogens with zero attached hydrogens (tertiary/aromatic N) is 4. The number of ether oxygens (including phenoxy) is 1. The molecule has 0 saturated carbocycles. The van der Waals surface area contributed by atoms with Gasteiger partial charge in [-0.3, -0.25) is 4.40 Å². The fourth-order valence-electron chi connectivity index (χ4n) is 4.43. The van der Waals surface area contributed by atoms with Crippen molar-refractivity contribution in [3.05, 3.63) is 92.7 Å². The minimum Gasteiger partial charge on any atom is -0.370 e. The van der Waals surface area contributed by atoms with Crippen molar-refractivity contribution in [1.29, 1.82) is 0 Å². The number of aryl methyl sites for hydroxylation is 1. The van der Waals surface area contributed by atoms with Crippen LogP contribution in [0.15, 0.2) is 60.8 Å². The van der Waals surface area contributed by atoms with Crippen molar-refractivity contribution >= 4 is 52.0 Å². The highest BCUT2D eigenvalue weighted by Gasteiger charge is 2.25. The van der Waals surface area contributed by atoms with Crippen molar-refractivity contribution in [2.24, 2.45) is 0 Å². The molecule has 34 heavy (non-hydrogen) atoms. The first-order valence-corrected chi connectivity index (χ1v) is 12.4. The molecule has 176 valence electrons. The monoisotopic (exact) mass is 514 g/mol. The Labute approximate surface area is 214 Å². The fraction of sp³-hybridized carbons (Fsp3) is 0.269. The quantitative estimate of drug-likeness (QED) is 0.288. The lowest BCUT2D eigenvalue weighted by Gasteiger charge is -2.37. The molecule has 0 bridgehead atoms. The van der Waals surface area contributed by atoms with Crippen LogP contribution in [0.25, 0.3) is 5.65 Å². The zero-order valence-electron chi connectivity index (χ0n) is 18.8. The molecule has 0 aliphatic carbocycles. The van der Waals surface area contributed by atoms with E-state index in [1.807, 2.05) is 49.5 Å². The van der Waals surface area contributed by atoms with Crippen molar-refractivity contribution in [2.45, 2.75) is 20.1 Å². The maximum absolute atomic E-state index is 6.45. The van der Waals surface area contributed by atoms with Gasteiger partial charge in [0.05, 0.1) is 34.6 Å². The smallest absolute Gasteiger partial charge is 0.153 e. The van der Waals surface area contributed by atoms with E-state index in [-0.39, 0.29) is 0 Å². The van der Waals surface area contributed by atoms with Crippen molar-refractivity contribution < 1.29 is 4.74 Å². The number of anilines is 2. The molecule has 5 rings (SSSR count). The molecule has 8 heteroatoms. The number of benzene rings is 2. The van der Waals surface area contributed by atoms with Crippen molar-refractivity contribution in [2.75, 3.05) is 36.0 Å². The van der Waals surface area contributed by atoms with E-state index in [0.717, 1.165) is 60.2 Å². The van der Waals surface area contributed by atoms with Gasteiger partial charge in [-0.05, 0) is 42.3 Å². The maximum atomic E-state index is 6.45. The van der Waals surface area contributed by atoms with E-state index in [1.165, 1.54) is 0 Å². The molecule has 1 aliphatic heterocycles. The Bertz CT molecular complexity index is 1300. The Hall–Kier alpha value is -2.44. The Balaban J connectivity index is 1.39. The third-order valence-corrected chi connectivity index (χ3v) is 6.87. The minimum atomic E-state index is 0.439. The average molecular weight is 516 g/mol. The molecule has 0 N–H and O–H groups in total. The van der Waals surface area contributed by atoms with Crippen molar-refractivity contribution in [1.82, 2.24) is 9.38 Å². The van der Waals surface area contributed by atoms with Gasteiger partial charge in [0.25, 0.3) is 0 Å². The molecule has 0 unspecified atom stereocenters. The standard InChI is InChI=1S/C26H25Cl3N4O/c1-18-13-21(28)15-33-24(17-34-16-19-5-3-2-4-6-19)26(30-25(18)33)32-11-9-31(10-12-32)23-8-7-20(27)14-22(23)29/h2-8,13-15H,9-12,16-17H2,1H3. The summed E-state index contributed by atoms with van der Waals surface area (Å²) in [6, 6.07) is 17.8. The Morgan fingerprint density at radius 1 is 0.853 bits per heavy atom. The number of imidazole rings is 1. The molecule has 3 heterocycles. The van der Waals surface area contributed by atoms with E-state index in [4.69, 9.17) is 44.5 Å². The second-order valence-corrected chi connectivity index (χ2v) is 9.75. The van der Waals surface area contributed by atoms with Crippen LogP contribution in [0.2, 0.25) is 15.1 Å². The van der Waals surface area contributed by atoms with Gasteiger partial charge in [0, 0.05) is 37.4 Å². The molecule has 1 aliphatic rings. The van der Waals surface area contributed by atoms with Gasteiger partial charge in [0.2, 0.25) is 0 Å². The maximum Gasteiger partial charge on any atom is 0.153 e. The summed E-state index contributed by atoms with van der Waals surface area (Å²) in [5, 5.41) is 2.00. The summed E-state index contributed by atoms with van der Waals surface area (Å²) in [5.41, 5.74) is 5.10. The average Bonchev–Trinajstić information content (AvgIpc) is 3.19. The van der Waals surface area contributed by atoms with Gasteiger partial charge in [-0.15, -0.1) is 0 Å². The van der Waals surface area contributed by atoms with Gasteiger partial charge >= 0.3 is 0 Å². The van der Waals surface area contributed by atoms with E-state index in [9.17, 15) is 0 Å². The predicted octanol–water partition coefficient (Wildman–Crippen LogP) is 6.65. The first kappa shape index (κ1) is 23.3. The zero-order chi connectivity index (χ0) is 23.7. The number of hydrogen-bond donors (Lipinski definition) is 0. The highest BCUT2D eigenvalue weighted by atomic mass is 35.5. The van der Waals surface area contributed by atoms with Crippen molar-refractivity contribution in [3.8, 4) is 0 Å². The first-order chi connectivity index (χ1) is 16.5. The Kier molecular flexibility index (Phi) is 6.89. The molecule has 0 radical (unpaired) electrons. The van der Waals surface area contributed by atoms with Gasteiger partial charge in [0.15, 0.2) is 5.82 Å². The van der Waals surface area contributed by atoms with Crippen LogP contribution in [0.1, 0.15) is 16.8 Å². The van der Waals surface area contributed by atoms with Crippen LogP contribution in [0.4, 0.5) is 11.5 Å². The second kappa shape index (κ2) is 10.0. The molecule has 1 fully saturated rings. The Morgan fingerprint density at radius 3 is 2.32 bits per heavy atom. The first-order valence-electron chi connectivity index (χ1n) is 11.2. The van der Waals surface area contributed by atoms with E-state index < -0.39 is 0 Å². The summed E-state index contributed by atoms with van der Waals surface area (Å²) in [6.45, 7) is 6.32. The molecule has 0 amide bonds. The SMILES string of the molecule is Cc1cc(Cl)cn2c(COCc3ccccc3)c(N3CCN(c4ccc(Cl)cc4Cl)CC3)nc12. The van der Waals surface area contributed by atoms with E-state index >= 15 is 0 Å². The topological polar surface area (TPSA) is 33.0 Å². The van der Waals surface area contributed by atoms with Crippen LogP contribution in [0.5, 0.6) is 0 Å². The lowest BCUT2D eigenvalue weighted by molar-refractivity contribution is 0.104. The van der Waals surface area contributed by atoms with E-state index in [0.29, 0.717) is 28.3 Å². The lowest BCUT2D eigenvalue weighted by atomic mass is 10.2. The summed E-state index contributed by atoms with van der Waals surface area (Å²) >= 11 is 18.9.